The van der Waals surface area contributed by atoms with Crippen molar-refractivity contribution in [1.82, 2.24) is 4.72 Å². The van der Waals surface area contributed by atoms with E-state index in [2.05, 4.69) is 0 Å². The summed E-state index contributed by atoms with van der Waals surface area (Å²) in [5.74, 6) is -1.33. The summed E-state index contributed by atoms with van der Waals surface area (Å²) in [7, 11) is -3.85. The van der Waals surface area contributed by atoms with Crippen molar-refractivity contribution in [3.63, 3.8) is 0 Å². The molecule has 1 aromatic carbocycles. The Morgan fingerprint density at radius 1 is 1.33 bits per heavy atom. The fraction of sp³-hybridized carbons (Fsp3) is 0.364. The highest BCUT2D eigenvalue weighted by Gasteiger charge is 2.57. The van der Waals surface area contributed by atoms with Crippen LogP contribution < -0.4 is 4.72 Å². The summed E-state index contributed by atoms with van der Waals surface area (Å²) in [5, 5.41) is 0. The molecule has 1 unspecified atom stereocenters. The first-order valence-electron chi connectivity index (χ1n) is 5.23. The number of hydrogen-bond donors (Lipinski definition) is 1. The zero-order valence-electron chi connectivity index (χ0n) is 9.48. The number of aryl methyl sites for hydroxylation is 1. The Bertz CT molecular complexity index is 581. The molecular formula is C11H11Cl2NO3S. The molecule has 98 valence electrons. The largest absolute Gasteiger partial charge is 0.274 e. The van der Waals surface area contributed by atoms with Gasteiger partial charge in [0.25, 0.3) is 10.0 Å². The van der Waals surface area contributed by atoms with E-state index in [1.165, 1.54) is 12.1 Å². The van der Waals surface area contributed by atoms with Crippen molar-refractivity contribution in [1.29, 1.82) is 0 Å². The molecule has 1 fully saturated rings. The second-order valence-corrected chi connectivity index (χ2v) is 7.53. The summed E-state index contributed by atoms with van der Waals surface area (Å²) in [6, 6.07) is 6.19. The first kappa shape index (κ1) is 13.6. The van der Waals surface area contributed by atoms with Crippen LogP contribution in [0.4, 0.5) is 0 Å². The maximum absolute atomic E-state index is 11.9. The predicted octanol–water partition coefficient (Wildman–Crippen LogP) is 1.99. The highest BCUT2D eigenvalue weighted by molar-refractivity contribution is 7.90. The molecule has 0 aromatic heterocycles. The second-order valence-electron chi connectivity index (χ2n) is 4.30. The lowest BCUT2D eigenvalue weighted by molar-refractivity contribution is -0.120. The van der Waals surface area contributed by atoms with Crippen LogP contribution >= 0.6 is 23.2 Å². The monoisotopic (exact) mass is 307 g/mol. The highest BCUT2D eigenvalue weighted by Crippen LogP contribution is 2.53. The number of amides is 1. The molecule has 1 N–H and O–H groups in total. The predicted molar refractivity (Wildman–Crippen MR) is 69.1 cm³/mol. The molecule has 0 saturated heterocycles. The average molecular weight is 308 g/mol. The van der Waals surface area contributed by atoms with Crippen LogP contribution in [0, 0.1) is 12.8 Å². The van der Waals surface area contributed by atoms with Gasteiger partial charge in [0.1, 0.15) is 4.33 Å². The van der Waals surface area contributed by atoms with Crippen molar-refractivity contribution in [3.8, 4) is 0 Å². The molecule has 1 atom stereocenters. The summed E-state index contributed by atoms with van der Waals surface area (Å²) >= 11 is 11.4. The number of halogens is 2. The Labute approximate surface area is 115 Å². The third-order valence-corrected chi connectivity index (χ3v) is 4.91. The highest BCUT2D eigenvalue weighted by atomic mass is 35.5. The van der Waals surface area contributed by atoms with Crippen LogP contribution in [0.1, 0.15) is 12.0 Å². The quantitative estimate of drug-likeness (QED) is 0.869. The molecule has 0 radical (unpaired) electrons. The Morgan fingerprint density at radius 3 is 2.28 bits per heavy atom. The minimum absolute atomic E-state index is 0.0387. The van der Waals surface area contributed by atoms with Gasteiger partial charge >= 0.3 is 0 Å². The number of rotatable bonds is 3. The van der Waals surface area contributed by atoms with Gasteiger partial charge in [-0.15, -0.1) is 23.2 Å². The van der Waals surface area contributed by atoms with E-state index in [1.54, 1.807) is 12.1 Å². The van der Waals surface area contributed by atoms with Gasteiger partial charge in [0.15, 0.2) is 0 Å². The van der Waals surface area contributed by atoms with E-state index in [0.29, 0.717) is 0 Å². The lowest BCUT2D eigenvalue weighted by Crippen LogP contribution is -2.32. The first-order chi connectivity index (χ1) is 8.22. The summed E-state index contributed by atoms with van der Waals surface area (Å²) in [6.07, 6.45) is 0.269. The standard InChI is InChI=1S/C11H11Cl2NO3S/c1-7-2-4-8(5-3-7)18(16,17)14-10(15)9-6-11(9,12)13/h2-5,9H,6H2,1H3,(H,14,15). The van der Waals surface area contributed by atoms with Crippen molar-refractivity contribution < 1.29 is 13.2 Å². The van der Waals surface area contributed by atoms with E-state index < -0.39 is 26.2 Å². The average Bonchev–Trinajstić information content (AvgIpc) is 2.88. The van der Waals surface area contributed by atoms with E-state index in [-0.39, 0.29) is 11.3 Å². The van der Waals surface area contributed by atoms with Gasteiger partial charge in [-0.3, -0.25) is 4.79 Å². The van der Waals surface area contributed by atoms with Gasteiger partial charge in [0, 0.05) is 0 Å². The molecule has 0 bridgehead atoms. The maximum Gasteiger partial charge on any atom is 0.264 e. The van der Waals surface area contributed by atoms with Gasteiger partial charge in [0.05, 0.1) is 10.8 Å². The Hall–Kier alpha value is -0.780. The lowest BCUT2D eigenvalue weighted by atomic mass is 10.2. The van der Waals surface area contributed by atoms with Crippen LogP contribution in [0.15, 0.2) is 29.2 Å². The topological polar surface area (TPSA) is 63.2 Å². The molecule has 1 aliphatic rings. The Balaban J connectivity index is 2.13. The van der Waals surface area contributed by atoms with Crippen LogP contribution in [0.5, 0.6) is 0 Å². The van der Waals surface area contributed by atoms with Crippen LogP contribution in [0.2, 0.25) is 0 Å². The normalized spacial score (nSPS) is 21.4. The zero-order valence-corrected chi connectivity index (χ0v) is 11.8. The van der Waals surface area contributed by atoms with Crippen molar-refractivity contribution in [2.45, 2.75) is 22.6 Å². The van der Waals surface area contributed by atoms with Crippen LogP contribution in [0.25, 0.3) is 0 Å². The smallest absolute Gasteiger partial charge is 0.264 e. The molecule has 1 aromatic rings. The minimum Gasteiger partial charge on any atom is -0.274 e. The molecule has 4 nitrogen and oxygen atoms in total. The number of carbonyl (C=O) groups excluding carboxylic acids is 1. The summed E-state index contributed by atoms with van der Waals surface area (Å²) in [5.41, 5.74) is 0.933. The second kappa shape index (κ2) is 4.40. The van der Waals surface area contributed by atoms with Crippen molar-refractivity contribution in [2.24, 2.45) is 5.92 Å². The van der Waals surface area contributed by atoms with E-state index >= 15 is 0 Å². The van der Waals surface area contributed by atoms with Gasteiger partial charge in [-0.2, -0.15) is 0 Å². The molecule has 18 heavy (non-hydrogen) atoms. The fourth-order valence-electron chi connectivity index (χ4n) is 1.48. The minimum atomic E-state index is -3.85. The summed E-state index contributed by atoms with van der Waals surface area (Å²) < 4.78 is 24.6. The Kier molecular flexibility index (Phi) is 3.34. The maximum atomic E-state index is 11.9. The molecule has 1 saturated carbocycles. The van der Waals surface area contributed by atoms with E-state index in [1.807, 2.05) is 11.6 Å². The molecule has 2 rings (SSSR count). The molecule has 1 aliphatic carbocycles. The number of sulfonamides is 1. The van der Waals surface area contributed by atoms with Crippen LogP contribution in [-0.2, 0) is 14.8 Å². The molecular weight excluding hydrogens is 297 g/mol. The summed E-state index contributed by atoms with van der Waals surface area (Å²) in [6.45, 7) is 1.84. The van der Waals surface area contributed by atoms with Crippen LogP contribution in [-0.4, -0.2) is 18.7 Å². The van der Waals surface area contributed by atoms with Crippen LogP contribution in [0.3, 0.4) is 0 Å². The van der Waals surface area contributed by atoms with E-state index in [9.17, 15) is 13.2 Å². The van der Waals surface area contributed by atoms with Gasteiger partial charge in [-0.25, -0.2) is 13.1 Å². The molecule has 0 heterocycles. The number of alkyl halides is 2. The first-order valence-corrected chi connectivity index (χ1v) is 7.47. The molecule has 7 heteroatoms. The SMILES string of the molecule is Cc1ccc(S(=O)(=O)NC(=O)C2CC2(Cl)Cl)cc1. The van der Waals surface area contributed by atoms with Crippen molar-refractivity contribution in [2.75, 3.05) is 0 Å². The third kappa shape index (κ3) is 2.79. The fourth-order valence-corrected chi connectivity index (χ4v) is 3.00. The van der Waals surface area contributed by atoms with Gasteiger partial charge in [0.2, 0.25) is 5.91 Å². The van der Waals surface area contributed by atoms with Gasteiger partial charge in [-0.1, -0.05) is 17.7 Å². The van der Waals surface area contributed by atoms with E-state index in [4.69, 9.17) is 23.2 Å². The number of carbonyl (C=O) groups is 1. The van der Waals surface area contributed by atoms with Crippen molar-refractivity contribution >= 4 is 39.1 Å². The number of nitrogens with one attached hydrogen (secondary N) is 1. The van der Waals surface area contributed by atoms with Gasteiger partial charge in [-0.05, 0) is 25.5 Å². The lowest BCUT2D eigenvalue weighted by Gasteiger charge is -2.07. The Morgan fingerprint density at radius 2 is 1.83 bits per heavy atom. The molecule has 1 amide bonds. The third-order valence-electron chi connectivity index (χ3n) is 2.71. The van der Waals surface area contributed by atoms with Crippen molar-refractivity contribution in [3.05, 3.63) is 29.8 Å². The summed E-state index contributed by atoms with van der Waals surface area (Å²) in [4.78, 5) is 11.7. The zero-order chi connectivity index (χ0) is 13.6. The van der Waals surface area contributed by atoms with E-state index in [0.717, 1.165) is 5.56 Å². The molecule has 0 aliphatic heterocycles. The molecule has 0 spiro atoms. The number of benzene rings is 1. The number of hydrogen-bond acceptors (Lipinski definition) is 3. The van der Waals surface area contributed by atoms with Gasteiger partial charge < -0.3 is 0 Å².